The second kappa shape index (κ2) is 8.69. The van der Waals surface area contributed by atoms with E-state index in [1.165, 1.54) is 17.4 Å². The van der Waals surface area contributed by atoms with Crippen LogP contribution in [-0.2, 0) is 6.42 Å². The molecule has 1 saturated heterocycles. The first kappa shape index (κ1) is 19.5. The summed E-state index contributed by atoms with van der Waals surface area (Å²) in [6.07, 6.45) is 1.60. The van der Waals surface area contributed by atoms with Crippen LogP contribution in [0.4, 0.5) is 14.5 Å². The van der Waals surface area contributed by atoms with E-state index in [9.17, 15) is 13.6 Å². The Morgan fingerprint density at radius 1 is 1.17 bits per heavy atom. The molecule has 4 nitrogen and oxygen atoms in total. The van der Waals surface area contributed by atoms with Gasteiger partial charge < -0.3 is 10.2 Å². The normalized spacial score (nSPS) is 16.2. The second-order valence-electron chi connectivity index (χ2n) is 7.20. The van der Waals surface area contributed by atoms with Gasteiger partial charge in [-0.3, -0.25) is 4.79 Å². The summed E-state index contributed by atoms with van der Waals surface area (Å²) >= 11 is 1.48. The van der Waals surface area contributed by atoms with Crippen molar-refractivity contribution in [1.82, 2.24) is 10.3 Å². The molecule has 3 aromatic rings. The number of anilines is 1. The van der Waals surface area contributed by atoms with Crippen LogP contribution in [0.3, 0.4) is 0 Å². The molecule has 1 aromatic heterocycles. The summed E-state index contributed by atoms with van der Waals surface area (Å²) in [5.74, 6) is -1.60. The summed E-state index contributed by atoms with van der Waals surface area (Å²) in [6, 6.07) is 14.0. The fraction of sp³-hybridized carbons (Fsp3) is 0.273. The summed E-state index contributed by atoms with van der Waals surface area (Å²) < 4.78 is 26.6. The van der Waals surface area contributed by atoms with Crippen LogP contribution >= 0.6 is 11.3 Å². The van der Waals surface area contributed by atoms with Crippen LogP contribution in [0.2, 0.25) is 0 Å². The molecule has 0 spiro atoms. The molecule has 2 heterocycles. The first-order valence-corrected chi connectivity index (χ1v) is 10.4. The van der Waals surface area contributed by atoms with Gasteiger partial charge in [0.1, 0.15) is 5.69 Å². The van der Waals surface area contributed by atoms with Gasteiger partial charge in [0.25, 0.3) is 5.91 Å². The molecule has 1 fully saturated rings. The van der Waals surface area contributed by atoms with Crippen molar-refractivity contribution >= 4 is 22.9 Å². The lowest BCUT2D eigenvalue weighted by atomic mass is 10.1. The van der Waals surface area contributed by atoms with Crippen molar-refractivity contribution in [1.29, 1.82) is 0 Å². The number of benzene rings is 2. The third-order valence-electron chi connectivity index (χ3n) is 5.09. The molecule has 0 aliphatic carbocycles. The van der Waals surface area contributed by atoms with Crippen molar-refractivity contribution < 1.29 is 13.6 Å². The van der Waals surface area contributed by atoms with E-state index in [0.717, 1.165) is 29.6 Å². The zero-order valence-corrected chi connectivity index (χ0v) is 16.6. The van der Waals surface area contributed by atoms with Gasteiger partial charge in [-0.1, -0.05) is 30.3 Å². The van der Waals surface area contributed by atoms with Gasteiger partial charge in [-0.2, -0.15) is 0 Å². The fourth-order valence-electron chi connectivity index (χ4n) is 3.51. The lowest BCUT2D eigenvalue weighted by molar-refractivity contribution is 0.0944. The van der Waals surface area contributed by atoms with Crippen molar-refractivity contribution in [3.8, 4) is 0 Å². The van der Waals surface area contributed by atoms with Gasteiger partial charge >= 0.3 is 0 Å². The number of hydrogen-bond acceptors (Lipinski definition) is 4. The van der Waals surface area contributed by atoms with Crippen molar-refractivity contribution in [2.45, 2.75) is 12.8 Å². The van der Waals surface area contributed by atoms with E-state index in [0.29, 0.717) is 30.9 Å². The standard InChI is InChI=1S/C22H21F2N3OS/c23-18-7-6-17(11-19(18)24)27-9-8-16(13-27)12-25-22(28)20-14-29-21(26-20)10-15-4-2-1-3-5-15/h1-7,11,14,16H,8-10,12-13H2,(H,25,28). The van der Waals surface area contributed by atoms with Crippen LogP contribution in [-0.4, -0.2) is 30.5 Å². The molecule has 0 saturated carbocycles. The van der Waals surface area contributed by atoms with Crippen LogP contribution < -0.4 is 10.2 Å². The number of thiazole rings is 1. The smallest absolute Gasteiger partial charge is 0.270 e. The second-order valence-corrected chi connectivity index (χ2v) is 8.14. The number of hydrogen-bond donors (Lipinski definition) is 1. The molecule has 1 N–H and O–H groups in total. The van der Waals surface area contributed by atoms with Gasteiger partial charge in [-0.05, 0) is 30.0 Å². The summed E-state index contributed by atoms with van der Waals surface area (Å²) in [5, 5.41) is 5.65. The van der Waals surface area contributed by atoms with E-state index in [-0.39, 0.29) is 11.8 Å². The summed E-state index contributed by atoms with van der Waals surface area (Å²) in [7, 11) is 0. The lowest BCUT2D eigenvalue weighted by Crippen LogP contribution is -2.31. The molecule has 150 valence electrons. The van der Waals surface area contributed by atoms with Gasteiger partial charge in [0.05, 0.1) is 5.01 Å². The van der Waals surface area contributed by atoms with Gasteiger partial charge in [0, 0.05) is 43.2 Å². The quantitative estimate of drug-likeness (QED) is 0.657. The number of carbonyl (C=O) groups is 1. The number of carbonyl (C=O) groups excluding carboxylic acids is 1. The van der Waals surface area contributed by atoms with Crippen LogP contribution in [0, 0.1) is 17.6 Å². The van der Waals surface area contributed by atoms with E-state index >= 15 is 0 Å². The van der Waals surface area contributed by atoms with Gasteiger partial charge in [-0.15, -0.1) is 11.3 Å². The Morgan fingerprint density at radius 2 is 2.00 bits per heavy atom. The van der Waals surface area contributed by atoms with Crippen molar-refractivity contribution in [2.75, 3.05) is 24.5 Å². The van der Waals surface area contributed by atoms with Crippen LogP contribution in [0.15, 0.2) is 53.9 Å². The summed E-state index contributed by atoms with van der Waals surface area (Å²) in [5.41, 5.74) is 2.27. The van der Waals surface area contributed by atoms with E-state index in [1.807, 2.05) is 35.2 Å². The summed E-state index contributed by atoms with van der Waals surface area (Å²) in [4.78, 5) is 18.9. The summed E-state index contributed by atoms with van der Waals surface area (Å²) in [6.45, 7) is 1.98. The van der Waals surface area contributed by atoms with Crippen molar-refractivity contribution in [2.24, 2.45) is 5.92 Å². The molecule has 0 radical (unpaired) electrons. The zero-order valence-electron chi connectivity index (χ0n) is 15.8. The van der Waals surface area contributed by atoms with Crippen LogP contribution in [0.25, 0.3) is 0 Å². The molecule has 1 atom stereocenters. The highest BCUT2D eigenvalue weighted by molar-refractivity contribution is 7.09. The van der Waals surface area contributed by atoms with Gasteiger partial charge in [0.15, 0.2) is 11.6 Å². The number of rotatable bonds is 6. The Morgan fingerprint density at radius 3 is 2.79 bits per heavy atom. The largest absolute Gasteiger partial charge is 0.371 e. The Kier molecular flexibility index (Phi) is 5.85. The lowest BCUT2D eigenvalue weighted by Gasteiger charge is -2.19. The average Bonchev–Trinajstić information content (AvgIpc) is 3.39. The molecule has 0 bridgehead atoms. The maximum absolute atomic E-state index is 13.4. The maximum atomic E-state index is 13.4. The first-order valence-electron chi connectivity index (χ1n) is 9.55. The molecule has 1 amide bonds. The molecule has 1 aliphatic heterocycles. The number of aromatic nitrogens is 1. The molecule has 2 aromatic carbocycles. The SMILES string of the molecule is O=C(NCC1CCN(c2ccc(F)c(F)c2)C1)c1csc(Cc2ccccc2)n1. The molecule has 7 heteroatoms. The molecular weight excluding hydrogens is 392 g/mol. The Hall–Kier alpha value is -2.80. The Balaban J connectivity index is 1.28. The fourth-order valence-corrected chi connectivity index (χ4v) is 4.32. The number of amides is 1. The molecule has 29 heavy (non-hydrogen) atoms. The van der Waals surface area contributed by atoms with Crippen LogP contribution in [0.1, 0.15) is 27.5 Å². The monoisotopic (exact) mass is 413 g/mol. The van der Waals surface area contributed by atoms with Crippen molar-refractivity contribution in [3.63, 3.8) is 0 Å². The number of nitrogens with one attached hydrogen (secondary N) is 1. The molecule has 1 unspecified atom stereocenters. The molecule has 4 rings (SSSR count). The zero-order chi connectivity index (χ0) is 20.2. The van der Waals surface area contributed by atoms with E-state index in [2.05, 4.69) is 10.3 Å². The maximum Gasteiger partial charge on any atom is 0.270 e. The predicted molar refractivity (Wildman–Crippen MR) is 110 cm³/mol. The minimum atomic E-state index is -0.841. The van der Waals surface area contributed by atoms with E-state index < -0.39 is 11.6 Å². The van der Waals surface area contributed by atoms with E-state index in [1.54, 1.807) is 11.4 Å². The van der Waals surface area contributed by atoms with Crippen molar-refractivity contribution in [3.05, 3.63) is 81.8 Å². The third kappa shape index (κ3) is 4.79. The third-order valence-corrected chi connectivity index (χ3v) is 5.94. The highest BCUT2D eigenvalue weighted by atomic mass is 32.1. The minimum absolute atomic E-state index is 0.174. The topological polar surface area (TPSA) is 45.2 Å². The molecular formula is C22H21F2N3OS. The highest BCUT2D eigenvalue weighted by Gasteiger charge is 2.24. The van der Waals surface area contributed by atoms with Crippen LogP contribution in [0.5, 0.6) is 0 Å². The predicted octanol–water partition coefficient (Wildman–Crippen LogP) is 4.27. The highest BCUT2D eigenvalue weighted by Crippen LogP contribution is 2.25. The van der Waals surface area contributed by atoms with Gasteiger partial charge in [-0.25, -0.2) is 13.8 Å². The number of halogens is 2. The molecule has 1 aliphatic rings. The first-order chi connectivity index (χ1) is 14.1. The Bertz CT molecular complexity index is 993. The van der Waals surface area contributed by atoms with Gasteiger partial charge in [0.2, 0.25) is 0 Å². The minimum Gasteiger partial charge on any atom is -0.371 e. The average molecular weight is 413 g/mol. The number of nitrogens with zero attached hydrogens (tertiary/aromatic N) is 2. The van der Waals surface area contributed by atoms with E-state index in [4.69, 9.17) is 0 Å². The Labute approximate surface area is 172 Å².